The zero-order valence-corrected chi connectivity index (χ0v) is 25.1. The second-order valence-electron chi connectivity index (χ2n) is 11.9. The SMILES string of the molecule is Cc1nnc(N2CCC(c3ccc(NC4CCc5cccc(-c6ccc(C)c(-n7cc(C(=O)O)cn7)n6)c54)c(C)c3)CC2)o1. The quantitative estimate of drug-likeness (QED) is 0.221. The van der Waals surface area contributed by atoms with Gasteiger partial charge in [0.2, 0.25) is 5.89 Å². The number of hydrogen-bond acceptors (Lipinski definition) is 8. The van der Waals surface area contributed by atoms with Crippen molar-refractivity contribution in [2.24, 2.45) is 0 Å². The Kier molecular flexibility index (Phi) is 7.12. The van der Waals surface area contributed by atoms with Gasteiger partial charge in [-0.25, -0.2) is 14.5 Å². The predicted octanol–water partition coefficient (Wildman–Crippen LogP) is 6.42. The van der Waals surface area contributed by atoms with Crippen molar-refractivity contribution in [3.05, 3.63) is 100 Å². The molecule has 7 rings (SSSR count). The molecule has 1 saturated heterocycles. The smallest absolute Gasteiger partial charge is 0.338 e. The molecule has 2 N–H and O–H groups in total. The zero-order valence-electron chi connectivity index (χ0n) is 25.1. The number of rotatable bonds is 7. The fourth-order valence-corrected chi connectivity index (χ4v) is 6.61. The molecule has 0 spiro atoms. The van der Waals surface area contributed by atoms with E-state index in [4.69, 9.17) is 9.40 Å². The summed E-state index contributed by atoms with van der Waals surface area (Å²) < 4.78 is 7.18. The van der Waals surface area contributed by atoms with E-state index in [1.807, 2.05) is 26.0 Å². The van der Waals surface area contributed by atoms with E-state index in [1.165, 1.54) is 34.6 Å². The minimum Gasteiger partial charge on any atom is -0.478 e. The summed E-state index contributed by atoms with van der Waals surface area (Å²) in [5.74, 6) is 0.719. The van der Waals surface area contributed by atoms with Gasteiger partial charge in [-0.3, -0.25) is 0 Å². The number of aromatic carboxylic acids is 1. The number of nitrogens with zero attached hydrogens (tertiary/aromatic N) is 6. The fourth-order valence-electron chi connectivity index (χ4n) is 6.61. The van der Waals surface area contributed by atoms with Crippen LogP contribution in [0.3, 0.4) is 0 Å². The molecule has 1 aliphatic heterocycles. The van der Waals surface area contributed by atoms with Crippen LogP contribution in [0.2, 0.25) is 0 Å². The number of carboxylic acids is 1. The molecule has 0 bridgehead atoms. The van der Waals surface area contributed by atoms with Crippen LogP contribution in [0.4, 0.5) is 11.7 Å². The van der Waals surface area contributed by atoms with Crippen molar-refractivity contribution in [2.45, 2.75) is 58.4 Å². The van der Waals surface area contributed by atoms with E-state index < -0.39 is 5.97 Å². The van der Waals surface area contributed by atoms with Crippen molar-refractivity contribution >= 4 is 17.7 Å². The van der Waals surface area contributed by atoms with E-state index in [2.05, 4.69) is 68.8 Å². The molecule has 1 aliphatic carbocycles. The van der Waals surface area contributed by atoms with Crippen molar-refractivity contribution in [1.29, 1.82) is 0 Å². The lowest BCUT2D eigenvalue weighted by molar-refractivity contribution is 0.0697. The van der Waals surface area contributed by atoms with Gasteiger partial charge < -0.3 is 19.7 Å². The fraction of sp³-hybridized carbons (Fsp3) is 0.324. The van der Waals surface area contributed by atoms with Crippen molar-refractivity contribution < 1.29 is 14.3 Å². The third-order valence-corrected chi connectivity index (χ3v) is 8.97. The number of carbonyl (C=O) groups is 1. The first-order chi connectivity index (χ1) is 21.3. The van der Waals surface area contributed by atoms with Gasteiger partial charge in [-0.15, -0.1) is 5.10 Å². The standard InChI is InChI=1S/C34H35N7O3/c1-20-7-10-29(37-32(20)41-19-26(18-35-41)33(42)43)27-6-4-5-24-8-12-30(31(24)27)36-28-11-9-25(17-21(28)2)23-13-15-40(16-14-23)34-39-38-22(3)44-34/h4-7,9-11,17-19,23,30,36H,8,12-16H2,1-3H3,(H,42,43). The molecular weight excluding hydrogens is 554 g/mol. The van der Waals surface area contributed by atoms with Gasteiger partial charge in [0.05, 0.1) is 23.5 Å². The second-order valence-corrected chi connectivity index (χ2v) is 11.9. The van der Waals surface area contributed by atoms with Crippen LogP contribution in [0, 0.1) is 20.8 Å². The maximum absolute atomic E-state index is 11.4. The van der Waals surface area contributed by atoms with Crippen molar-refractivity contribution in [3.8, 4) is 17.1 Å². The van der Waals surface area contributed by atoms with Gasteiger partial charge in [-0.1, -0.05) is 41.5 Å². The van der Waals surface area contributed by atoms with Crippen molar-refractivity contribution in [3.63, 3.8) is 0 Å². The van der Waals surface area contributed by atoms with Crippen LogP contribution in [-0.4, -0.2) is 49.1 Å². The number of benzene rings is 2. The van der Waals surface area contributed by atoms with Crippen LogP contribution in [0.25, 0.3) is 17.1 Å². The average Bonchev–Trinajstić information content (AvgIpc) is 3.79. The van der Waals surface area contributed by atoms with Gasteiger partial charge >= 0.3 is 12.0 Å². The van der Waals surface area contributed by atoms with E-state index >= 15 is 0 Å². The number of anilines is 2. The lowest BCUT2D eigenvalue weighted by Crippen LogP contribution is -2.33. The van der Waals surface area contributed by atoms with Crippen LogP contribution in [0.5, 0.6) is 0 Å². The Morgan fingerprint density at radius 3 is 2.57 bits per heavy atom. The third-order valence-electron chi connectivity index (χ3n) is 8.97. The van der Waals surface area contributed by atoms with Gasteiger partial charge in [0.15, 0.2) is 5.82 Å². The first-order valence-corrected chi connectivity index (χ1v) is 15.1. The molecule has 0 radical (unpaired) electrons. The molecule has 0 amide bonds. The summed E-state index contributed by atoms with van der Waals surface area (Å²) in [5.41, 5.74) is 9.35. The number of carboxylic acid groups (broad SMARTS) is 1. The first-order valence-electron chi connectivity index (χ1n) is 15.1. The van der Waals surface area contributed by atoms with E-state index in [0.717, 1.165) is 61.3 Å². The number of fused-ring (bicyclic) bond motifs is 1. The van der Waals surface area contributed by atoms with Gasteiger partial charge in [-0.2, -0.15) is 5.10 Å². The normalized spacial score (nSPS) is 16.7. The number of nitrogens with one attached hydrogen (secondary N) is 1. The van der Waals surface area contributed by atoms with Gasteiger partial charge in [0.25, 0.3) is 0 Å². The Morgan fingerprint density at radius 1 is 1.00 bits per heavy atom. The average molecular weight is 590 g/mol. The van der Waals surface area contributed by atoms with Crippen molar-refractivity contribution in [1.82, 2.24) is 25.0 Å². The highest BCUT2D eigenvalue weighted by Crippen LogP contribution is 2.41. The summed E-state index contributed by atoms with van der Waals surface area (Å²) in [4.78, 5) is 18.6. The zero-order chi connectivity index (χ0) is 30.4. The van der Waals surface area contributed by atoms with Gasteiger partial charge in [0, 0.05) is 37.5 Å². The van der Waals surface area contributed by atoms with E-state index in [1.54, 1.807) is 4.68 Å². The van der Waals surface area contributed by atoms with E-state index in [-0.39, 0.29) is 11.6 Å². The maximum Gasteiger partial charge on any atom is 0.338 e. The highest BCUT2D eigenvalue weighted by Gasteiger charge is 2.28. The van der Waals surface area contributed by atoms with Crippen LogP contribution in [0.15, 0.2) is 65.3 Å². The molecule has 4 heterocycles. The molecular formula is C34H35N7O3. The molecule has 2 aromatic carbocycles. The van der Waals surface area contributed by atoms with E-state index in [9.17, 15) is 9.90 Å². The molecule has 1 atom stereocenters. The second kappa shape index (κ2) is 11.3. The minimum absolute atomic E-state index is 0.132. The van der Waals surface area contributed by atoms with Crippen LogP contribution in [-0.2, 0) is 6.42 Å². The number of pyridine rings is 1. The molecule has 10 nitrogen and oxygen atoms in total. The molecule has 44 heavy (non-hydrogen) atoms. The number of aryl methyl sites for hydroxylation is 4. The Hall–Kier alpha value is -4.99. The minimum atomic E-state index is -1.01. The van der Waals surface area contributed by atoms with E-state index in [0.29, 0.717) is 23.6 Å². The molecule has 10 heteroatoms. The number of aromatic nitrogens is 5. The Morgan fingerprint density at radius 2 is 1.84 bits per heavy atom. The van der Waals surface area contributed by atoms with Gasteiger partial charge in [0.1, 0.15) is 0 Å². The Labute approximate surface area is 255 Å². The van der Waals surface area contributed by atoms with Crippen molar-refractivity contribution in [2.75, 3.05) is 23.3 Å². The van der Waals surface area contributed by atoms with Crippen LogP contribution in [0.1, 0.15) is 75.3 Å². The summed E-state index contributed by atoms with van der Waals surface area (Å²) in [6, 6.07) is 18.1. The topological polar surface area (TPSA) is 122 Å². The first kappa shape index (κ1) is 27.8. The molecule has 2 aliphatic rings. The molecule has 224 valence electrons. The summed E-state index contributed by atoms with van der Waals surface area (Å²) in [7, 11) is 0. The highest BCUT2D eigenvalue weighted by atomic mass is 16.4. The third kappa shape index (κ3) is 5.21. The Balaban J connectivity index is 1.11. The maximum atomic E-state index is 11.4. The monoisotopic (exact) mass is 589 g/mol. The molecule has 3 aromatic heterocycles. The highest BCUT2D eigenvalue weighted by molar-refractivity contribution is 5.87. The molecule has 0 saturated carbocycles. The number of hydrogen-bond donors (Lipinski definition) is 2. The molecule has 5 aromatic rings. The number of piperidine rings is 1. The summed E-state index contributed by atoms with van der Waals surface area (Å²) in [6.45, 7) is 7.78. The predicted molar refractivity (Wildman–Crippen MR) is 168 cm³/mol. The summed E-state index contributed by atoms with van der Waals surface area (Å²) >= 11 is 0. The Bertz CT molecular complexity index is 1850. The molecule has 1 fully saturated rings. The lowest BCUT2D eigenvalue weighted by Gasteiger charge is -2.31. The summed E-state index contributed by atoms with van der Waals surface area (Å²) in [6.07, 6.45) is 6.95. The van der Waals surface area contributed by atoms with Crippen LogP contribution >= 0.6 is 0 Å². The summed E-state index contributed by atoms with van der Waals surface area (Å²) in [5, 5.41) is 25.7. The van der Waals surface area contributed by atoms with Crippen LogP contribution < -0.4 is 10.2 Å². The molecule has 1 unspecified atom stereocenters. The lowest BCUT2D eigenvalue weighted by atomic mass is 9.88. The van der Waals surface area contributed by atoms with Gasteiger partial charge in [-0.05, 0) is 85.4 Å². The largest absolute Gasteiger partial charge is 0.478 e.